The Morgan fingerprint density at radius 1 is 0.333 bits per heavy atom. The number of carbonyl (C=O) groups is 3. The van der Waals surface area contributed by atoms with Gasteiger partial charge in [-0.1, -0.05) is 226 Å². The maximum atomic E-state index is 12.8. The molecule has 0 aliphatic carbocycles. The summed E-state index contributed by atoms with van der Waals surface area (Å²) in [6, 6.07) is 0. The van der Waals surface area contributed by atoms with E-state index in [1.54, 1.807) is 0 Å². The molecule has 0 heterocycles. The van der Waals surface area contributed by atoms with Gasteiger partial charge in [0, 0.05) is 19.3 Å². The zero-order valence-electron chi connectivity index (χ0n) is 42.4. The van der Waals surface area contributed by atoms with Crippen LogP contribution in [0.2, 0.25) is 0 Å². The Balaban J connectivity index is 4.47. The third kappa shape index (κ3) is 50.8. The molecule has 372 valence electrons. The van der Waals surface area contributed by atoms with Gasteiger partial charge in [-0.2, -0.15) is 0 Å². The first-order valence-electron chi connectivity index (χ1n) is 26.6. The highest BCUT2D eigenvalue weighted by Gasteiger charge is 2.19. The van der Waals surface area contributed by atoms with E-state index < -0.39 is 6.10 Å². The highest BCUT2D eigenvalue weighted by molar-refractivity contribution is 5.71. The van der Waals surface area contributed by atoms with Crippen LogP contribution in [0.25, 0.3) is 0 Å². The maximum absolute atomic E-state index is 12.8. The quantitative estimate of drug-likeness (QED) is 0.0199. The van der Waals surface area contributed by atoms with Gasteiger partial charge in [0.2, 0.25) is 0 Å². The lowest BCUT2D eigenvalue weighted by Crippen LogP contribution is -2.30. The number of rotatable bonds is 46. The summed E-state index contributed by atoms with van der Waals surface area (Å²) >= 11 is 0. The van der Waals surface area contributed by atoms with Crippen molar-refractivity contribution in [1.82, 2.24) is 0 Å². The molecule has 0 aliphatic heterocycles. The summed E-state index contributed by atoms with van der Waals surface area (Å²) in [6.07, 6.45) is 73.2. The Morgan fingerprint density at radius 3 is 1.14 bits per heavy atom. The van der Waals surface area contributed by atoms with Crippen molar-refractivity contribution in [1.29, 1.82) is 0 Å². The SMILES string of the molecule is CC/C=C\C/C=C\C/C=C\C/C=C\CCCCCCCCC(=O)OCC(COC(=O)CCCCCCC/C=C\CCCC)OC(=O)CCCCCCC\C=C/C=C\C=C/C=C\C=C/CCC. The van der Waals surface area contributed by atoms with Crippen LogP contribution < -0.4 is 0 Å². The zero-order valence-corrected chi connectivity index (χ0v) is 42.4. The normalized spacial score (nSPS) is 13.1. The summed E-state index contributed by atoms with van der Waals surface area (Å²) in [5.41, 5.74) is 0. The standard InChI is InChI=1S/C60H96O6/c1-4-7-10-13-16-19-22-24-26-28-30-32-33-35-38-41-44-47-50-53-59(62)65-56-57(55-64-58(61)52-49-46-43-40-37-21-18-15-12-9-6-3)66-60(63)54-51-48-45-42-39-36-34-31-29-27-25-23-20-17-14-11-8-5-2/h7,10-11,14-20,23-27,29-32,34,57H,4-6,8-9,12-13,21-22,28,33,35-56H2,1-3H3/b10-7-,14-11-,18-15-,19-16-,20-17-,25-23-,26-24-,29-27-,32-30-,34-31-. The first-order chi connectivity index (χ1) is 32.5. The van der Waals surface area contributed by atoms with Gasteiger partial charge in [0.25, 0.3) is 0 Å². The van der Waals surface area contributed by atoms with Crippen LogP contribution in [0.3, 0.4) is 0 Å². The lowest BCUT2D eigenvalue weighted by Gasteiger charge is -2.18. The number of ether oxygens (including phenoxy) is 3. The number of hydrogen-bond acceptors (Lipinski definition) is 6. The lowest BCUT2D eigenvalue weighted by molar-refractivity contribution is -0.167. The molecule has 0 spiro atoms. The largest absolute Gasteiger partial charge is 0.462 e. The summed E-state index contributed by atoms with van der Waals surface area (Å²) in [7, 11) is 0. The highest BCUT2D eigenvalue weighted by Crippen LogP contribution is 2.13. The number of allylic oxidation sites excluding steroid dienone is 20. The van der Waals surface area contributed by atoms with E-state index in [2.05, 4.69) is 106 Å². The fourth-order valence-electron chi connectivity index (χ4n) is 6.80. The van der Waals surface area contributed by atoms with Gasteiger partial charge in [-0.25, -0.2) is 0 Å². The molecule has 0 radical (unpaired) electrons. The Hall–Kier alpha value is -4.19. The van der Waals surface area contributed by atoms with Gasteiger partial charge >= 0.3 is 17.9 Å². The summed E-state index contributed by atoms with van der Waals surface area (Å²) in [4.78, 5) is 38.0. The second kappa shape index (κ2) is 53.4. The first kappa shape index (κ1) is 61.8. The Kier molecular flexibility index (Phi) is 50.0. The van der Waals surface area contributed by atoms with Crippen LogP contribution in [0, 0.1) is 0 Å². The van der Waals surface area contributed by atoms with Crippen molar-refractivity contribution < 1.29 is 28.6 Å². The minimum Gasteiger partial charge on any atom is -0.462 e. The van der Waals surface area contributed by atoms with Crippen LogP contribution in [-0.4, -0.2) is 37.2 Å². The Bertz CT molecular complexity index is 1420. The molecule has 0 aliphatic rings. The monoisotopic (exact) mass is 913 g/mol. The van der Waals surface area contributed by atoms with Crippen LogP contribution in [0.1, 0.15) is 220 Å². The van der Waals surface area contributed by atoms with E-state index in [4.69, 9.17) is 14.2 Å². The van der Waals surface area contributed by atoms with Crippen molar-refractivity contribution in [3.05, 3.63) is 122 Å². The van der Waals surface area contributed by atoms with Crippen LogP contribution >= 0.6 is 0 Å². The topological polar surface area (TPSA) is 78.9 Å². The minimum atomic E-state index is -0.804. The summed E-state index contributed by atoms with van der Waals surface area (Å²) < 4.78 is 16.8. The van der Waals surface area contributed by atoms with Gasteiger partial charge in [0.1, 0.15) is 13.2 Å². The summed E-state index contributed by atoms with van der Waals surface area (Å²) in [5, 5.41) is 0. The molecule has 0 amide bonds. The molecule has 1 atom stereocenters. The Morgan fingerprint density at radius 2 is 0.682 bits per heavy atom. The van der Waals surface area contributed by atoms with Crippen molar-refractivity contribution in [3.63, 3.8) is 0 Å². The molecule has 0 saturated heterocycles. The van der Waals surface area contributed by atoms with Crippen LogP contribution in [0.5, 0.6) is 0 Å². The fourth-order valence-corrected chi connectivity index (χ4v) is 6.80. The number of hydrogen-bond donors (Lipinski definition) is 0. The molecular weight excluding hydrogens is 817 g/mol. The van der Waals surface area contributed by atoms with E-state index in [9.17, 15) is 14.4 Å². The predicted octanol–water partition coefficient (Wildman–Crippen LogP) is 17.7. The second-order valence-electron chi connectivity index (χ2n) is 17.2. The van der Waals surface area contributed by atoms with E-state index in [-0.39, 0.29) is 31.1 Å². The molecule has 6 nitrogen and oxygen atoms in total. The molecule has 0 bridgehead atoms. The zero-order chi connectivity index (χ0) is 47.9. The molecule has 0 aromatic heterocycles. The lowest BCUT2D eigenvalue weighted by atomic mass is 10.1. The molecule has 0 rings (SSSR count). The van der Waals surface area contributed by atoms with Crippen molar-refractivity contribution in [2.45, 2.75) is 226 Å². The maximum Gasteiger partial charge on any atom is 0.306 e. The van der Waals surface area contributed by atoms with E-state index in [1.165, 1.54) is 44.9 Å². The van der Waals surface area contributed by atoms with Gasteiger partial charge in [0.05, 0.1) is 0 Å². The highest BCUT2D eigenvalue weighted by atomic mass is 16.6. The second-order valence-corrected chi connectivity index (χ2v) is 17.2. The fraction of sp³-hybridized carbons (Fsp3) is 0.617. The molecule has 1 unspecified atom stereocenters. The molecule has 0 aromatic carbocycles. The van der Waals surface area contributed by atoms with Crippen LogP contribution in [-0.2, 0) is 28.6 Å². The molecular formula is C60H96O6. The van der Waals surface area contributed by atoms with Crippen LogP contribution in [0.15, 0.2) is 122 Å². The Labute approximate surface area is 405 Å². The number of carbonyl (C=O) groups excluding carboxylic acids is 3. The third-order valence-corrected chi connectivity index (χ3v) is 10.8. The average Bonchev–Trinajstić information content (AvgIpc) is 3.31. The van der Waals surface area contributed by atoms with Crippen molar-refractivity contribution in [2.24, 2.45) is 0 Å². The molecule has 0 N–H and O–H groups in total. The summed E-state index contributed by atoms with van der Waals surface area (Å²) in [5.74, 6) is -0.956. The van der Waals surface area contributed by atoms with E-state index in [1.807, 2.05) is 36.5 Å². The molecule has 66 heavy (non-hydrogen) atoms. The van der Waals surface area contributed by atoms with Gasteiger partial charge in [0.15, 0.2) is 6.10 Å². The number of unbranched alkanes of at least 4 members (excludes halogenated alkanes) is 19. The molecule has 6 heteroatoms. The van der Waals surface area contributed by atoms with Gasteiger partial charge in [-0.3, -0.25) is 14.4 Å². The molecule has 0 fully saturated rings. The average molecular weight is 913 g/mol. The van der Waals surface area contributed by atoms with Crippen molar-refractivity contribution in [2.75, 3.05) is 13.2 Å². The smallest absolute Gasteiger partial charge is 0.306 e. The predicted molar refractivity (Wildman–Crippen MR) is 283 cm³/mol. The van der Waals surface area contributed by atoms with E-state index in [0.717, 1.165) is 135 Å². The minimum absolute atomic E-state index is 0.101. The van der Waals surface area contributed by atoms with Gasteiger partial charge < -0.3 is 14.2 Å². The third-order valence-electron chi connectivity index (χ3n) is 10.8. The van der Waals surface area contributed by atoms with Crippen LogP contribution in [0.4, 0.5) is 0 Å². The van der Waals surface area contributed by atoms with Gasteiger partial charge in [-0.05, 0) is 96.3 Å². The van der Waals surface area contributed by atoms with E-state index >= 15 is 0 Å². The molecule has 0 saturated carbocycles. The first-order valence-corrected chi connectivity index (χ1v) is 26.6. The van der Waals surface area contributed by atoms with Crippen molar-refractivity contribution >= 4 is 17.9 Å². The van der Waals surface area contributed by atoms with Crippen molar-refractivity contribution in [3.8, 4) is 0 Å². The van der Waals surface area contributed by atoms with Gasteiger partial charge in [-0.15, -0.1) is 0 Å². The molecule has 0 aromatic rings. The number of esters is 3. The summed E-state index contributed by atoms with van der Waals surface area (Å²) in [6.45, 7) is 6.34. The van der Waals surface area contributed by atoms with E-state index in [0.29, 0.717) is 19.3 Å².